The van der Waals surface area contributed by atoms with Crippen molar-refractivity contribution in [2.75, 3.05) is 13.2 Å². The first-order valence-electron chi connectivity index (χ1n) is 9.21. The lowest BCUT2D eigenvalue weighted by atomic mass is 10.2. The second kappa shape index (κ2) is 10.4. The second-order valence-electron chi connectivity index (χ2n) is 6.64. The van der Waals surface area contributed by atoms with E-state index in [0.717, 1.165) is 18.6 Å². The van der Waals surface area contributed by atoms with Crippen molar-refractivity contribution in [3.63, 3.8) is 0 Å². The van der Waals surface area contributed by atoms with Crippen molar-refractivity contribution in [3.05, 3.63) is 59.7 Å². The average molecular weight is 370 g/mol. The maximum atomic E-state index is 12.3. The zero-order valence-electron chi connectivity index (χ0n) is 16.1. The van der Waals surface area contributed by atoms with E-state index in [-0.39, 0.29) is 5.92 Å². The van der Waals surface area contributed by atoms with E-state index in [1.165, 1.54) is 6.07 Å². The maximum Gasteiger partial charge on any atom is 0.343 e. The van der Waals surface area contributed by atoms with Gasteiger partial charge in [-0.2, -0.15) is 0 Å². The lowest BCUT2D eigenvalue weighted by Crippen LogP contribution is -2.11. The Bertz CT molecular complexity index is 750. The molecular weight excluding hydrogens is 344 g/mol. The van der Waals surface area contributed by atoms with Gasteiger partial charge in [-0.3, -0.25) is 0 Å². The summed E-state index contributed by atoms with van der Waals surface area (Å²) in [7, 11) is 0. The lowest BCUT2D eigenvalue weighted by molar-refractivity contribution is 0.0457. The van der Waals surface area contributed by atoms with Crippen LogP contribution in [0.2, 0.25) is 0 Å². The third-order valence-corrected chi connectivity index (χ3v) is 3.68. The Hall–Kier alpha value is -2.82. The average Bonchev–Trinajstić information content (AvgIpc) is 2.67. The summed E-state index contributed by atoms with van der Waals surface area (Å²) in [4.78, 5) is 24.3. The molecule has 2 aromatic rings. The molecule has 0 fully saturated rings. The highest BCUT2D eigenvalue weighted by atomic mass is 16.5. The van der Waals surface area contributed by atoms with Crippen molar-refractivity contribution >= 4 is 11.9 Å². The molecule has 27 heavy (non-hydrogen) atoms. The predicted octanol–water partition coefficient (Wildman–Crippen LogP) is 4.90. The molecule has 0 saturated heterocycles. The molecule has 0 aliphatic rings. The summed E-state index contributed by atoms with van der Waals surface area (Å²) in [5.74, 6) is 0.332. The Morgan fingerprint density at radius 2 is 1.67 bits per heavy atom. The van der Waals surface area contributed by atoms with Crippen LogP contribution < -0.4 is 9.47 Å². The van der Waals surface area contributed by atoms with Crippen molar-refractivity contribution in [2.24, 2.45) is 5.92 Å². The molecule has 0 bridgehead atoms. The molecule has 0 radical (unpaired) electrons. The third kappa shape index (κ3) is 6.77. The van der Waals surface area contributed by atoms with Gasteiger partial charge in [-0.05, 0) is 54.8 Å². The number of carbonyl (C=O) groups is 2. The van der Waals surface area contributed by atoms with Crippen LogP contribution in [0.15, 0.2) is 48.5 Å². The summed E-state index contributed by atoms with van der Waals surface area (Å²) in [5.41, 5.74) is 0.756. The van der Waals surface area contributed by atoms with Gasteiger partial charge < -0.3 is 14.2 Å². The molecular formula is C22H26O5. The summed E-state index contributed by atoms with van der Waals surface area (Å²) in [6.07, 6.45) is 2.05. The van der Waals surface area contributed by atoms with Gasteiger partial charge in [0.2, 0.25) is 0 Å². The number of ether oxygens (including phenoxy) is 3. The summed E-state index contributed by atoms with van der Waals surface area (Å²) >= 11 is 0. The number of rotatable bonds is 9. The van der Waals surface area contributed by atoms with Crippen LogP contribution in [-0.4, -0.2) is 25.2 Å². The summed E-state index contributed by atoms with van der Waals surface area (Å²) in [5, 5.41) is 0. The van der Waals surface area contributed by atoms with Gasteiger partial charge in [0, 0.05) is 0 Å². The van der Waals surface area contributed by atoms with Crippen molar-refractivity contribution in [1.82, 2.24) is 0 Å². The number of carbonyl (C=O) groups excluding carboxylic acids is 2. The smallest absolute Gasteiger partial charge is 0.343 e. The van der Waals surface area contributed by atoms with Crippen LogP contribution in [0.1, 0.15) is 54.3 Å². The van der Waals surface area contributed by atoms with E-state index in [1.807, 2.05) is 13.8 Å². The van der Waals surface area contributed by atoms with E-state index in [4.69, 9.17) is 14.2 Å². The number of hydrogen-bond donors (Lipinski definition) is 0. The van der Waals surface area contributed by atoms with Gasteiger partial charge in [0.25, 0.3) is 0 Å². The van der Waals surface area contributed by atoms with Crippen molar-refractivity contribution in [3.8, 4) is 11.5 Å². The highest BCUT2D eigenvalue weighted by Crippen LogP contribution is 2.18. The van der Waals surface area contributed by atoms with E-state index < -0.39 is 11.9 Å². The number of benzene rings is 2. The molecule has 0 aromatic heterocycles. The van der Waals surface area contributed by atoms with Crippen LogP contribution in [0.4, 0.5) is 0 Å². The molecule has 0 N–H and O–H groups in total. The highest BCUT2D eigenvalue weighted by Gasteiger charge is 2.12. The quantitative estimate of drug-likeness (QED) is 0.357. The molecule has 0 aliphatic heterocycles. The minimum Gasteiger partial charge on any atom is -0.494 e. The standard InChI is InChI=1S/C22H26O5/c1-4-5-13-25-19-11-9-17(10-12-19)22(24)27-20-8-6-7-18(14-20)21(23)26-15-16(2)3/h6-12,14,16H,4-5,13,15H2,1-3H3. The fourth-order valence-electron chi connectivity index (χ4n) is 2.20. The lowest BCUT2D eigenvalue weighted by Gasteiger charge is -2.09. The first-order valence-corrected chi connectivity index (χ1v) is 9.21. The molecule has 5 nitrogen and oxygen atoms in total. The number of unbranched alkanes of at least 4 members (excludes halogenated alkanes) is 1. The molecule has 0 atom stereocenters. The second-order valence-corrected chi connectivity index (χ2v) is 6.64. The van der Waals surface area contributed by atoms with Gasteiger partial charge >= 0.3 is 11.9 Å². The fourth-order valence-corrected chi connectivity index (χ4v) is 2.20. The van der Waals surface area contributed by atoms with E-state index in [2.05, 4.69) is 6.92 Å². The molecule has 5 heteroatoms. The van der Waals surface area contributed by atoms with Gasteiger partial charge in [0.1, 0.15) is 11.5 Å². The predicted molar refractivity (Wildman–Crippen MR) is 103 cm³/mol. The Balaban J connectivity index is 1.97. The summed E-state index contributed by atoms with van der Waals surface area (Å²) in [6, 6.07) is 13.2. The molecule has 0 unspecified atom stereocenters. The van der Waals surface area contributed by atoms with Crippen molar-refractivity contribution in [2.45, 2.75) is 33.6 Å². The molecule has 0 saturated carbocycles. The van der Waals surface area contributed by atoms with Crippen LogP contribution in [0.3, 0.4) is 0 Å². The molecule has 2 aromatic carbocycles. The first kappa shape index (κ1) is 20.5. The zero-order chi connectivity index (χ0) is 19.6. The molecule has 144 valence electrons. The van der Waals surface area contributed by atoms with Gasteiger partial charge in [-0.1, -0.05) is 33.3 Å². The number of esters is 2. The van der Waals surface area contributed by atoms with Crippen LogP contribution in [0.25, 0.3) is 0 Å². The SMILES string of the molecule is CCCCOc1ccc(C(=O)Oc2cccc(C(=O)OCC(C)C)c2)cc1. The van der Waals surface area contributed by atoms with E-state index in [9.17, 15) is 9.59 Å². The fraction of sp³-hybridized carbons (Fsp3) is 0.364. The topological polar surface area (TPSA) is 61.8 Å². The first-order chi connectivity index (χ1) is 13.0. The Labute approximate surface area is 160 Å². The molecule has 0 spiro atoms. The summed E-state index contributed by atoms with van der Waals surface area (Å²) < 4.78 is 16.1. The van der Waals surface area contributed by atoms with Crippen molar-refractivity contribution < 1.29 is 23.8 Å². The maximum absolute atomic E-state index is 12.3. The normalized spacial score (nSPS) is 10.5. The Morgan fingerprint density at radius 3 is 2.33 bits per heavy atom. The Kier molecular flexibility index (Phi) is 7.86. The van der Waals surface area contributed by atoms with E-state index in [1.54, 1.807) is 42.5 Å². The molecule has 0 amide bonds. The zero-order valence-corrected chi connectivity index (χ0v) is 16.1. The molecule has 0 aliphatic carbocycles. The highest BCUT2D eigenvalue weighted by molar-refractivity contribution is 5.92. The largest absolute Gasteiger partial charge is 0.494 e. The van der Waals surface area contributed by atoms with Gasteiger partial charge in [0.05, 0.1) is 24.3 Å². The van der Waals surface area contributed by atoms with E-state index >= 15 is 0 Å². The minimum atomic E-state index is -0.497. The van der Waals surface area contributed by atoms with Gasteiger partial charge in [0.15, 0.2) is 0 Å². The number of hydrogen-bond acceptors (Lipinski definition) is 5. The molecule has 2 rings (SSSR count). The Morgan fingerprint density at radius 1 is 0.926 bits per heavy atom. The van der Waals surface area contributed by atoms with Crippen LogP contribution in [0, 0.1) is 5.92 Å². The van der Waals surface area contributed by atoms with Crippen molar-refractivity contribution in [1.29, 1.82) is 0 Å². The summed E-state index contributed by atoms with van der Waals surface area (Å²) in [6.45, 7) is 7.02. The van der Waals surface area contributed by atoms with Crippen LogP contribution >= 0.6 is 0 Å². The van der Waals surface area contributed by atoms with Crippen LogP contribution in [-0.2, 0) is 4.74 Å². The monoisotopic (exact) mass is 370 g/mol. The van der Waals surface area contributed by atoms with Gasteiger partial charge in [-0.15, -0.1) is 0 Å². The van der Waals surface area contributed by atoms with Gasteiger partial charge in [-0.25, -0.2) is 9.59 Å². The third-order valence-electron chi connectivity index (χ3n) is 3.68. The minimum absolute atomic E-state index is 0.254. The van der Waals surface area contributed by atoms with Crippen LogP contribution in [0.5, 0.6) is 11.5 Å². The van der Waals surface area contributed by atoms with E-state index in [0.29, 0.717) is 30.1 Å². The molecule has 0 heterocycles.